The van der Waals surface area contributed by atoms with Gasteiger partial charge >= 0.3 is 0 Å². The average molecular weight is 482 g/mol. The van der Waals surface area contributed by atoms with Crippen LogP contribution in [0, 0.1) is 6.92 Å². The molecule has 2 heterocycles. The van der Waals surface area contributed by atoms with E-state index in [4.69, 9.17) is 4.74 Å². The predicted octanol–water partition coefficient (Wildman–Crippen LogP) is 4.16. The standard InChI is InChI=1S/C24H23N3O4S2/c1-17-11-12-20(31-2)22-23(17)32-24(26-22)27(14-19-10-6-7-13-25-19)21(28)16-33(29,30)15-18-8-4-3-5-9-18/h3-13H,14-16H2,1-2H3. The Labute approximate surface area is 196 Å². The number of hydrogen-bond donors (Lipinski definition) is 0. The molecule has 170 valence electrons. The van der Waals surface area contributed by atoms with Crippen LogP contribution in [0.2, 0.25) is 0 Å². The molecule has 0 atom stereocenters. The first-order valence-corrected chi connectivity index (χ1v) is 12.9. The fraction of sp³-hybridized carbons (Fsp3) is 0.208. The van der Waals surface area contributed by atoms with Gasteiger partial charge in [-0.2, -0.15) is 0 Å². The predicted molar refractivity (Wildman–Crippen MR) is 130 cm³/mol. The van der Waals surface area contributed by atoms with Crippen molar-refractivity contribution in [3.05, 3.63) is 83.7 Å². The Morgan fingerprint density at radius 3 is 2.52 bits per heavy atom. The van der Waals surface area contributed by atoms with E-state index in [9.17, 15) is 13.2 Å². The minimum absolute atomic E-state index is 0.113. The second-order valence-electron chi connectivity index (χ2n) is 7.58. The molecule has 0 radical (unpaired) electrons. The topological polar surface area (TPSA) is 89.5 Å². The number of ether oxygens (including phenoxy) is 1. The Bertz CT molecular complexity index is 1370. The number of benzene rings is 2. The second-order valence-corrected chi connectivity index (χ2v) is 10.6. The Balaban J connectivity index is 1.69. The van der Waals surface area contributed by atoms with Gasteiger partial charge in [-0.1, -0.05) is 53.8 Å². The minimum atomic E-state index is -3.69. The molecule has 33 heavy (non-hydrogen) atoms. The Morgan fingerprint density at radius 1 is 1.06 bits per heavy atom. The summed E-state index contributed by atoms with van der Waals surface area (Å²) < 4.78 is 32.0. The highest BCUT2D eigenvalue weighted by atomic mass is 32.2. The van der Waals surface area contributed by atoms with Gasteiger partial charge in [0.15, 0.2) is 15.0 Å². The van der Waals surface area contributed by atoms with Crippen molar-refractivity contribution in [2.75, 3.05) is 17.8 Å². The van der Waals surface area contributed by atoms with Crippen LogP contribution in [-0.2, 0) is 26.9 Å². The number of methoxy groups -OCH3 is 1. The molecule has 0 aliphatic carbocycles. The van der Waals surface area contributed by atoms with Gasteiger partial charge in [0.2, 0.25) is 5.91 Å². The summed E-state index contributed by atoms with van der Waals surface area (Å²) in [6.07, 6.45) is 1.63. The van der Waals surface area contributed by atoms with Crippen LogP contribution in [0.5, 0.6) is 5.75 Å². The first-order chi connectivity index (χ1) is 15.9. The molecule has 0 unspecified atom stereocenters. The average Bonchev–Trinajstić information content (AvgIpc) is 3.24. The zero-order valence-corrected chi connectivity index (χ0v) is 19.9. The number of fused-ring (bicyclic) bond motifs is 1. The lowest BCUT2D eigenvalue weighted by Crippen LogP contribution is -2.36. The molecule has 7 nitrogen and oxygen atoms in total. The third kappa shape index (κ3) is 5.37. The molecule has 0 spiro atoms. The number of sulfone groups is 1. The van der Waals surface area contributed by atoms with Crippen molar-refractivity contribution in [2.45, 2.75) is 19.2 Å². The van der Waals surface area contributed by atoms with E-state index in [1.165, 1.54) is 16.2 Å². The molecule has 1 amide bonds. The van der Waals surface area contributed by atoms with Crippen molar-refractivity contribution in [1.82, 2.24) is 9.97 Å². The number of carbonyl (C=O) groups is 1. The van der Waals surface area contributed by atoms with E-state index in [2.05, 4.69) is 9.97 Å². The molecule has 2 aromatic carbocycles. The van der Waals surface area contributed by atoms with E-state index in [0.717, 1.165) is 10.3 Å². The molecule has 0 saturated carbocycles. The highest BCUT2D eigenvalue weighted by Gasteiger charge is 2.27. The maximum Gasteiger partial charge on any atom is 0.244 e. The monoisotopic (exact) mass is 481 g/mol. The van der Waals surface area contributed by atoms with Crippen LogP contribution in [0.3, 0.4) is 0 Å². The van der Waals surface area contributed by atoms with Crippen molar-refractivity contribution < 1.29 is 17.9 Å². The lowest BCUT2D eigenvalue weighted by molar-refractivity contribution is -0.116. The van der Waals surface area contributed by atoms with Crippen molar-refractivity contribution in [2.24, 2.45) is 0 Å². The zero-order chi connectivity index (χ0) is 23.4. The van der Waals surface area contributed by atoms with Gasteiger partial charge in [0.1, 0.15) is 17.0 Å². The molecule has 0 bridgehead atoms. The maximum absolute atomic E-state index is 13.3. The number of aromatic nitrogens is 2. The van der Waals surface area contributed by atoms with Crippen LogP contribution < -0.4 is 9.64 Å². The van der Waals surface area contributed by atoms with E-state index in [1.54, 1.807) is 49.7 Å². The number of amides is 1. The SMILES string of the molecule is COc1ccc(C)c2sc(N(Cc3ccccn3)C(=O)CS(=O)(=O)Cc3ccccc3)nc12. The first kappa shape index (κ1) is 22.9. The van der Waals surface area contributed by atoms with Crippen LogP contribution in [0.4, 0.5) is 5.13 Å². The Morgan fingerprint density at radius 2 is 1.82 bits per heavy atom. The fourth-order valence-corrected chi connectivity index (χ4v) is 5.84. The summed E-state index contributed by atoms with van der Waals surface area (Å²) in [6, 6.07) is 18.0. The molecule has 4 rings (SSSR count). The summed E-state index contributed by atoms with van der Waals surface area (Å²) in [5.74, 6) is -0.780. The van der Waals surface area contributed by atoms with Crippen LogP contribution in [0.25, 0.3) is 10.2 Å². The van der Waals surface area contributed by atoms with E-state index in [0.29, 0.717) is 27.7 Å². The zero-order valence-electron chi connectivity index (χ0n) is 18.3. The molecule has 0 saturated heterocycles. The molecule has 0 N–H and O–H groups in total. The number of pyridine rings is 1. The lowest BCUT2D eigenvalue weighted by atomic mass is 10.2. The molecule has 2 aromatic heterocycles. The smallest absolute Gasteiger partial charge is 0.244 e. The summed E-state index contributed by atoms with van der Waals surface area (Å²) in [6.45, 7) is 2.07. The molecular formula is C24H23N3O4S2. The van der Waals surface area contributed by atoms with Gasteiger partial charge in [0.05, 0.1) is 29.8 Å². The van der Waals surface area contributed by atoms with Gasteiger partial charge in [0, 0.05) is 6.20 Å². The maximum atomic E-state index is 13.3. The molecular weight excluding hydrogens is 458 g/mol. The lowest BCUT2D eigenvalue weighted by Gasteiger charge is -2.19. The summed E-state index contributed by atoms with van der Waals surface area (Å²) in [4.78, 5) is 23.7. The van der Waals surface area contributed by atoms with Crippen LogP contribution >= 0.6 is 11.3 Å². The van der Waals surface area contributed by atoms with Crippen LogP contribution in [0.1, 0.15) is 16.8 Å². The number of hydrogen-bond acceptors (Lipinski definition) is 7. The number of anilines is 1. The van der Waals surface area contributed by atoms with E-state index in [1.807, 2.05) is 31.2 Å². The van der Waals surface area contributed by atoms with Crippen molar-refractivity contribution in [1.29, 1.82) is 0 Å². The number of rotatable bonds is 8. The summed E-state index contributed by atoms with van der Waals surface area (Å²) in [7, 11) is -2.12. The van der Waals surface area contributed by atoms with E-state index >= 15 is 0 Å². The van der Waals surface area contributed by atoms with Crippen LogP contribution in [0.15, 0.2) is 66.9 Å². The Kier molecular flexibility index (Phi) is 6.71. The normalized spacial score (nSPS) is 11.5. The third-order valence-electron chi connectivity index (χ3n) is 5.06. The highest BCUT2D eigenvalue weighted by molar-refractivity contribution is 7.91. The number of aryl methyl sites for hydroxylation is 1. The second kappa shape index (κ2) is 9.68. The fourth-order valence-electron chi connectivity index (χ4n) is 3.44. The molecule has 4 aromatic rings. The highest BCUT2D eigenvalue weighted by Crippen LogP contribution is 2.37. The number of nitrogens with zero attached hydrogens (tertiary/aromatic N) is 3. The quantitative estimate of drug-likeness (QED) is 0.375. The summed E-state index contributed by atoms with van der Waals surface area (Å²) in [5, 5.41) is 0.406. The molecule has 0 aliphatic rings. The number of thiazole rings is 1. The van der Waals surface area contributed by atoms with Gasteiger partial charge in [-0.05, 0) is 36.2 Å². The largest absolute Gasteiger partial charge is 0.494 e. The van der Waals surface area contributed by atoms with E-state index < -0.39 is 21.5 Å². The van der Waals surface area contributed by atoms with Crippen LogP contribution in [-0.4, -0.2) is 37.2 Å². The van der Waals surface area contributed by atoms with Gasteiger partial charge < -0.3 is 4.74 Å². The van der Waals surface area contributed by atoms with Gasteiger partial charge in [-0.25, -0.2) is 13.4 Å². The van der Waals surface area contributed by atoms with Crippen molar-refractivity contribution in [3.8, 4) is 5.75 Å². The van der Waals surface area contributed by atoms with Gasteiger partial charge in [-0.15, -0.1) is 0 Å². The van der Waals surface area contributed by atoms with Crippen molar-refractivity contribution in [3.63, 3.8) is 0 Å². The Hall–Kier alpha value is -3.30. The van der Waals surface area contributed by atoms with Gasteiger partial charge in [0.25, 0.3) is 0 Å². The minimum Gasteiger partial charge on any atom is -0.494 e. The van der Waals surface area contributed by atoms with E-state index in [-0.39, 0.29) is 12.3 Å². The number of carbonyl (C=O) groups excluding carboxylic acids is 1. The first-order valence-electron chi connectivity index (χ1n) is 10.2. The van der Waals surface area contributed by atoms with Crippen molar-refractivity contribution >= 4 is 42.4 Å². The van der Waals surface area contributed by atoms with Gasteiger partial charge in [-0.3, -0.25) is 14.7 Å². The summed E-state index contributed by atoms with van der Waals surface area (Å²) in [5.41, 5.74) is 2.91. The molecule has 0 aliphatic heterocycles. The summed E-state index contributed by atoms with van der Waals surface area (Å²) >= 11 is 1.33. The molecule has 0 fully saturated rings. The molecule has 9 heteroatoms. The third-order valence-corrected chi connectivity index (χ3v) is 7.74.